The summed E-state index contributed by atoms with van der Waals surface area (Å²) < 4.78 is 0.181. The van der Waals surface area contributed by atoms with Gasteiger partial charge < -0.3 is 10.5 Å². The van der Waals surface area contributed by atoms with E-state index in [9.17, 15) is 4.79 Å². The van der Waals surface area contributed by atoms with E-state index < -0.39 is 18.2 Å². The molecule has 0 aliphatic carbocycles. The second-order valence-electron chi connectivity index (χ2n) is 1.39. The SMILES string of the molecule is C[C@H](N)[C](=O)[Mg][Br]. The van der Waals surface area contributed by atoms with Gasteiger partial charge in [0.25, 0.3) is 0 Å². The molecule has 0 aromatic rings. The van der Waals surface area contributed by atoms with Crippen LogP contribution in [0.4, 0.5) is 0 Å². The Hall–Kier alpha value is 0.876. The fourth-order valence-electron chi connectivity index (χ4n) is 0.122. The predicted octanol–water partition coefficient (Wildman–Crippen LogP) is -0.126. The van der Waals surface area contributed by atoms with Crippen LogP contribution in [0.3, 0.4) is 0 Å². The molecule has 0 rings (SSSR count). The van der Waals surface area contributed by atoms with E-state index in [1.54, 1.807) is 6.92 Å². The summed E-state index contributed by atoms with van der Waals surface area (Å²) in [6, 6.07) is -0.258. The van der Waals surface area contributed by atoms with E-state index in [0.717, 1.165) is 0 Å². The summed E-state index contributed by atoms with van der Waals surface area (Å²) >= 11 is 2.46. The minimum atomic E-state index is -0.660. The Morgan fingerprint density at radius 2 is 2.43 bits per heavy atom. The van der Waals surface area contributed by atoms with Crippen molar-refractivity contribution in [3.8, 4) is 0 Å². The Bertz CT molecular complexity index is 75.3. The van der Waals surface area contributed by atoms with Crippen LogP contribution in [-0.2, 0) is 4.79 Å². The van der Waals surface area contributed by atoms with E-state index in [4.69, 9.17) is 5.73 Å². The molecule has 0 aliphatic rings. The van der Waals surface area contributed by atoms with Crippen LogP contribution < -0.4 is 5.73 Å². The van der Waals surface area contributed by atoms with Gasteiger partial charge in [0.2, 0.25) is 0 Å². The first-order valence-electron chi connectivity index (χ1n) is 2.02. The van der Waals surface area contributed by atoms with Gasteiger partial charge in [0, 0.05) is 9.95 Å². The molecule has 0 aromatic heterocycles. The zero-order chi connectivity index (χ0) is 5.86. The average molecular weight is 176 g/mol. The van der Waals surface area contributed by atoms with Crippen LogP contribution in [0.15, 0.2) is 0 Å². The number of rotatable bonds is 2. The van der Waals surface area contributed by atoms with Crippen LogP contribution in [0, 0.1) is 0 Å². The summed E-state index contributed by atoms with van der Waals surface area (Å²) in [5.41, 5.74) is 5.20. The van der Waals surface area contributed by atoms with Crippen molar-refractivity contribution in [1.29, 1.82) is 0 Å². The van der Waals surface area contributed by atoms with E-state index in [0.29, 0.717) is 0 Å². The van der Waals surface area contributed by atoms with Crippen molar-refractivity contribution < 1.29 is 4.79 Å². The first-order chi connectivity index (χ1) is 3.18. The molecule has 0 unspecified atom stereocenters. The van der Waals surface area contributed by atoms with Gasteiger partial charge in [-0.3, -0.25) is 12.9 Å². The summed E-state index contributed by atoms with van der Waals surface area (Å²) in [6.45, 7) is 1.70. The molecule has 2 N–H and O–H groups in total. The number of halogens is 1. The summed E-state index contributed by atoms with van der Waals surface area (Å²) in [4.78, 5) is 10.4. The maximum Gasteiger partial charge on any atom is 0.566 e. The third-order valence-corrected chi connectivity index (χ3v) is 3.20. The van der Waals surface area contributed by atoms with E-state index >= 15 is 0 Å². The Labute approximate surface area is 58.4 Å². The Morgan fingerprint density at radius 1 is 2.00 bits per heavy atom. The normalized spacial score (nSPS) is 12.4. The van der Waals surface area contributed by atoms with Crippen molar-refractivity contribution in [1.82, 2.24) is 0 Å². The second kappa shape index (κ2) is 3.83. The van der Waals surface area contributed by atoms with Gasteiger partial charge in [-0.05, 0) is 6.92 Å². The van der Waals surface area contributed by atoms with Crippen LogP contribution in [-0.4, -0.2) is 28.1 Å². The zero-order valence-corrected chi connectivity index (χ0v) is 7.15. The van der Waals surface area contributed by atoms with Gasteiger partial charge in [0.05, 0.1) is 0 Å². The van der Waals surface area contributed by atoms with Crippen LogP contribution in [0.25, 0.3) is 0 Å². The minimum Gasteiger partial charge on any atom is -0.333 e. The lowest BCUT2D eigenvalue weighted by Crippen LogP contribution is -2.28. The lowest BCUT2D eigenvalue weighted by Gasteiger charge is -1.96. The molecule has 4 heteroatoms. The van der Waals surface area contributed by atoms with Crippen LogP contribution in [0.2, 0.25) is 0 Å². The molecule has 0 aliphatic heterocycles. The first kappa shape index (κ1) is 7.88. The number of carbonyl (C=O) groups is 1. The largest absolute Gasteiger partial charge is 0.566 e. The van der Waals surface area contributed by atoms with Gasteiger partial charge in [0.15, 0.2) is 0 Å². The van der Waals surface area contributed by atoms with Crippen LogP contribution >= 0.6 is 12.9 Å². The van der Waals surface area contributed by atoms with Crippen molar-refractivity contribution in [2.75, 3.05) is 0 Å². The van der Waals surface area contributed by atoms with E-state index in [1.807, 2.05) is 0 Å². The van der Waals surface area contributed by atoms with Crippen molar-refractivity contribution in [2.45, 2.75) is 13.0 Å². The molecule has 0 radical (unpaired) electrons. The predicted molar refractivity (Wildman–Crippen MR) is 33.3 cm³/mol. The van der Waals surface area contributed by atoms with Crippen molar-refractivity contribution in [3.05, 3.63) is 0 Å². The topological polar surface area (TPSA) is 43.1 Å². The van der Waals surface area contributed by atoms with Gasteiger partial charge in [0.1, 0.15) is 0 Å². The molecule has 38 valence electrons. The van der Waals surface area contributed by atoms with Gasteiger partial charge in [-0.15, -0.1) is 0 Å². The Kier molecular flexibility index (Phi) is 4.31. The smallest absolute Gasteiger partial charge is 0.333 e. The molecular weight excluding hydrogens is 170 g/mol. The third kappa shape index (κ3) is 3.46. The monoisotopic (exact) mass is 175 g/mol. The number of hydrogen-bond acceptors (Lipinski definition) is 2. The van der Waals surface area contributed by atoms with E-state index in [1.165, 1.54) is 0 Å². The Morgan fingerprint density at radius 3 is 2.43 bits per heavy atom. The quantitative estimate of drug-likeness (QED) is 0.596. The van der Waals surface area contributed by atoms with Gasteiger partial charge >= 0.3 is 18.2 Å². The summed E-state index contributed by atoms with van der Waals surface area (Å²) in [5, 5.41) is 0. The molecule has 1 atom stereocenters. The molecule has 0 spiro atoms. The van der Waals surface area contributed by atoms with Gasteiger partial charge in [-0.25, -0.2) is 0 Å². The van der Waals surface area contributed by atoms with Gasteiger partial charge in [-0.1, -0.05) is 0 Å². The molecule has 0 aromatic carbocycles. The highest BCUT2D eigenvalue weighted by molar-refractivity contribution is 9.24. The highest BCUT2D eigenvalue weighted by Crippen LogP contribution is 1.81. The number of hydrogen-bond donors (Lipinski definition) is 1. The zero-order valence-electron chi connectivity index (χ0n) is 4.15. The van der Waals surface area contributed by atoms with E-state index in [-0.39, 0.29) is 9.95 Å². The Balaban J connectivity index is 3.35. The van der Waals surface area contributed by atoms with Crippen LogP contribution in [0.5, 0.6) is 0 Å². The highest BCUT2D eigenvalue weighted by atomic mass is 79.9. The maximum atomic E-state index is 10.4. The minimum absolute atomic E-state index is 0.181. The fourth-order valence-corrected chi connectivity index (χ4v) is 1.90. The molecular formula is C3H6BrMgNO. The lowest BCUT2D eigenvalue weighted by atomic mass is 10.4. The molecule has 0 saturated carbocycles. The standard InChI is InChI=1S/C3H6NO.BrH.Mg/c1-3(4)2-5;;/h3H,4H2,1H3;1H;/q;;+1/p-1/t3-;;/m0../s1. The van der Waals surface area contributed by atoms with Crippen LogP contribution in [0.1, 0.15) is 6.92 Å². The van der Waals surface area contributed by atoms with Crippen molar-refractivity contribution >= 4 is 35.0 Å². The lowest BCUT2D eigenvalue weighted by molar-refractivity contribution is -0.112. The summed E-state index contributed by atoms with van der Waals surface area (Å²) in [7, 11) is 0. The summed E-state index contributed by atoms with van der Waals surface area (Å²) in [5.74, 6) is 0. The second-order valence-corrected chi connectivity index (χ2v) is 4.04. The van der Waals surface area contributed by atoms with Crippen molar-refractivity contribution in [2.24, 2.45) is 5.73 Å². The van der Waals surface area contributed by atoms with E-state index in [2.05, 4.69) is 12.9 Å². The molecule has 0 saturated heterocycles. The highest BCUT2D eigenvalue weighted by Gasteiger charge is 2.06. The van der Waals surface area contributed by atoms with Gasteiger partial charge in [-0.2, -0.15) is 0 Å². The maximum absolute atomic E-state index is 10.4. The molecule has 0 amide bonds. The third-order valence-electron chi connectivity index (χ3n) is 0.640. The fraction of sp³-hybridized carbons (Fsp3) is 0.667. The molecule has 2 nitrogen and oxygen atoms in total. The molecule has 0 heterocycles. The molecule has 0 bridgehead atoms. The first-order valence-corrected chi connectivity index (χ1v) is 6.63. The number of nitrogens with two attached hydrogens (primary N) is 1. The number of carbonyl (C=O) groups excluding carboxylic acids is 1. The van der Waals surface area contributed by atoms with Crippen molar-refractivity contribution in [3.63, 3.8) is 0 Å². The summed E-state index contributed by atoms with van der Waals surface area (Å²) in [6.07, 6.45) is 0. The molecule has 0 fully saturated rings. The molecule has 7 heavy (non-hydrogen) atoms. The average Bonchev–Trinajstić information content (AvgIpc) is 1.65.